The largest absolute Gasteiger partial charge is 0.484 e. The predicted molar refractivity (Wildman–Crippen MR) is 95.6 cm³/mol. The molecule has 0 amide bonds. The van der Waals surface area contributed by atoms with Crippen LogP contribution >= 0.6 is 23.4 Å². The first kappa shape index (κ1) is 15.4. The van der Waals surface area contributed by atoms with Crippen LogP contribution in [-0.4, -0.2) is 25.0 Å². The second-order valence-electron chi connectivity index (χ2n) is 6.41. The SMILES string of the molecule is CN1CCC([C@@H]2Oc3ccccc3Sc3ccc(Cl)cc32)CC1. The second-order valence-corrected chi connectivity index (χ2v) is 7.93. The summed E-state index contributed by atoms with van der Waals surface area (Å²) in [5.41, 5.74) is 1.24. The van der Waals surface area contributed by atoms with Crippen molar-refractivity contribution in [3.63, 3.8) is 0 Å². The molecule has 2 aromatic carbocycles. The molecule has 0 radical (unpaired) electrons. The molecule has 0 spiro atoms. The van der Waals surface area contributed by atoms with Crippen LogP contribution in [0.15, 0.2) is 52.3 Å². The van der Waals surface area contributed by atoms with Gasteiger partial charge in [-0.1, -0.05) is 35.5 Å². The van der Waals surface area contributed by atoms with E-state index < -0.39 is 0 Å². The molecule has 2 nitrogen and oxygen atoms in total. The normalized spacial score (nSPS) is 21.9. The lowest BCUT2D eigenvalue weighted by atomic mass is 9.87. The lowest BCUT2D eigenvalue weighted by Crippen LogP contribution is -2.34. The number of fused-ring (bicyclic) bond motifs is 2. The van der Waals surface area contributed by atoms with E-state index in [9.17, 15) is 0 Å². The molecule has 0 saturated carbocycles. The van der Waals surface area contributed by atoms with Gasteiger partial charge in [-0.05, 0) is 63.3 Å². The number of hydrogen-bond acceptors (Lipinski definition) is 3. The van der Waals surface area contributed by atoms with Crippen molar-refractivity contribution >= 4 is 23.4 Å². The fraction of sp³-hybridized carbons (Fsp3) is 0.368. The molecule has 2 aliphatic rings. The van der Waals surface area contributed by atoms with Crippen LogP contribution in [0, 0.1) is 5.92 Å². The molecule has 0 N–H and O–H groups in total. The molecule has 4 rings (SSSR count). The van der Waals surface area contributed by atoms with Gasteiger partial charge in [0.1, 0.15) is 11.9 Å². The van der Waals surface area contributed by atoms with Crippen LogP contribution in [0.4, 0.5) is 0 Å². The quantitative estimate of drug-likeness (QED) is 0.699. The van der Waals surface area contributed by atoms with Crippen molar-refractivity contribution in [2.45, 2.75) is 28.7 Å². The maximum atomic E-state index is 6.52. The summed E-state index contributed by atoms with van der Waals surface area (Å²) >= 11 is 8.08. The Hall–Kier alpha value is -1.16. The zero-order valence-electron chi connectivity index (χ0n) is 13.2. The van der Waals surface area contributed by atoms with Crippen molar-refractivity contribution in [2.75, 3.05) is 20.1 Å². The van der Waals surface area contributed by atoms with E-state index in [1.807, 2.05) is 12.1 Å². The summed E-state index contributed by atoms with van der Waals surface area (Å²) in [6, 6.07) is 14.5. The highest BCUT2D eigenvalue weighted by Crippen LogP contribution is 2.47. The minimum absolute atomic E-state index is 0.0912. The smallest absolute Gasteiger partial charge is 0.134 e. The van der Waals surface area contributed by atoms with Gasteiger partial charge in [0.05, 0.1) is 4.90 Å². The van der Waals surface area contributed by atoms with E-state index in [1.165, 1.54) is 28.2 Å². The molecule has 4 heteroatoms. The fourth-order valence-corrected chi connectivity index (χ4v) is 4.68. The summed E-state index contributed by atoms with van der Waals surface area (Å²) in [6.45, 7) is 2.27. The summed E-state index contributed by atoms with van der Waals surface area (Å²) in [4.78, 5) is 4.85. The van der Waals surface area contributed by atoms with Crippen molar-refractivity contribution in [2.24, 2.45) is 5.92 Å². The van der Waals surface area contributed by atoms with Crippen LogP contribution in [0.2, 0.25) is 5.02 Å². The minimum atomic E-state index is 0.0912. The Labute approximate surface area is 146 Å². The Morgan fingerprint density at radius 2 is 1.87 bits per heavy atom. The maximum absolute atomic E-state index is 6.52. The van der Waals surface area contributed by atoms with Crippen LogP contribution < -0.4 is 4.74 Å². The Morgan fingerprint density at radius 3 is 2.70 bits per heavy atom. The summed E-state index contributed by atoms with van der Waals surface area (Å²) in [6.07, 6.45) is 2.42. The molecule has 120 valence electrons. The van der Waals surface area contributed by atoms with Crippen molar-refractivity contribution < 1.29 is 4.74 Å². The summed E-state index contributed by atoms with van der Waals surface area (Å²) < 4.78 is 6.52. The third-order valence-corrected chi connectivity index (χ3v) is 6.18. The summed E-state index contributed by atoms with van der Waals surface area (Å²) in [7, 11) is 2.19. The number of nitrogens with zero attached hydrogens (tertiary/aromatic N) is 1. The Morgan fingerprint density at radius 1 is 1.09 bits per heavy atom. The minimum Gasteiger partial charge on any atom is -0.484 e. The Bertz CT molecular complexity index is 712. The molecule has 2 aliphatic heterocycles. The molecule has 0 aliphatic carbocycles. The molecule has 0 bridgehead atoms. The zero-order chi connectivity index (χ0) is 15.8. The van der Waals surface area contributed by atoms with Crippen LogP contribution in [0.3, 0.4) is 0 Å². The third-order valence-electron chi connectivity index (χ3n) is 4.79. The van der Waals surface area contributed by atoms with Crippen LogP contribution in [0.5, 0.6) is 5.75 Å². The van der Waals surface area contributed by atoms with Crippen molar-refractivity contribution in [1.29, 1.82) is 0 Å². The number of halogens is 1. The lowest BCUT2D eigenvalue weighted by Gasteiger charge is -2.34. The molecule has 23 heavy (non-hydrogen) atoms. The average Bonchev–Trinajstić information content (AvgIpc) is 2.72. The van der Waals surface area contributed by atoms with Gasteiger partial charge in [-0.25, -0.2) is 0 Å². The zero-order valence-corrected chi connectivity index (χ0v) is 14.7. The van der Waals surface area contributed by atoms with E-state index in [2.05, 4.69) is 42.3 Å². The third kappa shape index (κ3) is 3.10. The van der Waals surface area contributed by atoms with Gasteiger partial charge in [0.25, 0.3) is 0 Å². The fourth-order valence-electron chi connectivity index (χ4n) is 3.47. The Kier molecular flexibility index (Phi) is 4.27. The Balaban J connectivity index is 1.76. The highest BCUT2D eigenvalue weighted by molar-refractivity contribution is 7.99. The summed E-state index contributed by atoms with van der Waals surface area (Å²) in [5.74, 6) is 1.53. The highest BCUT2D eigenvalue weighted by atomic mass is 35.5. The average molecular weight is 346 g/mol. The van der Waals surface area contributed by atoms with Crippen molar-refractivity contribution in [3.8, 4) is 5.75 Å². The summed E-state index contributed by atoms with van der Waals surface area (Å²) in [5, 5.41) is 0.789. The number of benzene rings is 2. The molecule has 2 heterocycles. The maximum Gasteiger partial charge on any atom is 0.134 e. The van der Waals surface area contributed by atoms with E-state index in [0.29, 0.717) is 5.92 Å². The molecular formula is C19H20ClNOS. The number of ether oxygens (including phenoxy) is 1. The molecule has 0 aromatic heterocycles. The van der Waals surface area contributed by atoms with Gasteiger partial charge in [0.15, 0.2) is 0 Å². The second kappa shape index (κ2) is 6.39. The molecule has 1 fully saturated rings. The monoisotopic (exact) mass is 345 g/mol. The van der Waals surface area contributed by atoms with Gasteiger partial charge in [-0.2, -0.15) is 0 Å². The van der Waals surface area contributed by atoms with E-state index in [-0.39, 0.29) is 6.10 Å². The number of hydrogen-bond donors (Lipinski definition) is 0. The first-order valence-corrected chi connectivity index (χ1v) is 9.32. The molecule has 1 saturated heterocycles. The molecule has 0 unspecified atom stereocenters. The first-order valence-electron chi connectivity index (χ1n) is 8.12. The van der Waals surface area contributed by atoms with Gasteiger partial charge in [0.2, 0.25) is 0 Å². The first-order chi connectivity index (χ1) is 11.2. The van der Waals surface area contributed by atoms with Gasteiger partial charge in [0, 0.05) is 21.4 Å². The predicted octanol–water partition coefficient (Wildman–Crippen LogP) is 5.27. The lowest BCUT2D eigenvalue weighted by molar-refractivity contribution is 0.0818. The molecule has 2 aromatic rings. The van der Waals surface area contributed by atoms with Crippen LogP contribution in [0.1, 0.15) is 24.5 Å². The van der Waals surface area contributed by atoms with E-state index in [0.717, 1.165) is 23.9 Å². The number of para-hydroxylation sites is 1. The van der Waals surface area contributed by atoms with E-state index in [1.54, 1.807) is 11.8 Å². The van der Waals surface area contributed by atoms with E-state index >= 15 is 0 Å². The number of piperidine rings is 1. The molecule has 1 atom stereocenters. The van der Waals surface area contributed by atoms with Gasteiger partial charge in [-0.3, -0.25) is 0 Å². The van der Waals surface area contributed by atoms with Crippen molar-refractivity contribution in [3.05, 3.63) is 53.1 Å². The molecular weight excluding hydrogens is 326 g/mol. The van der Waals surface area contributed by atoms with Gasteiger partial charge in [-0.15, -0.1) is 0 Å². The number of rotatable bonds is 1. The van der Waals surface area contributed by atoms with Crippen LogP contribution in [-0.2, 0) is 0 Å². The van der Waals surface area contributed by atoms with Gasteiger partial charge < -0.3 is 9.64 Å². The standard InChI is InChI=1S/C19H20ClNOS/c1-21-10-8-13(9-11-21)19-15-12-14(20)6-7-17(15)23-18-5-3-2-4-16(18)22-19/h2-7,12-13,19H,8-11H2,1H3/t19-/m0/s1. The topological polar surface area (TPSA) is 12.5 Å². The van der Waals surface area contributed by atoms with Crippen LogP contribution in [0.25, 0.3) is 0 Å². The van der Waals surface area contributed by atoms with E-state index in [4.69, 9.17) is 16.3 Å². The highest BCUT2D eigenvalue weighted by Gasteiger charge is 2.32. The van der Waals surface area contributed by atoms with Crippen molar-refractivity contribution in [1.82, 2.24) is 4.90 Å². The number of likely N-dealkylation sites (tertiary alicyclic amines) is 1. The van der Waals surface area contributed by atoms with Gasteiger partial charge >= 0.3 is 0 Å².